The SMILES string of the molecule is CN(C)[C@H]1CCN(c2cccc3nc(CN(C)[C@H]4CCCc5cccnc54)c(C(O)C(O)c4c(CN(C)[C@H]5CCCc6cccnc65)nc5cccc(N6CC[C@H](N(C)C)C6)n45)n23)C1. The minimum absolute atomic E-state index is 0.109. The summed E-state index contributed by atoms with van der Waals surface area (Å²) < 4.78 is 4.26. The predicted octanol–water partition coefficient (Wildman–Crippen LogP) is 5.84. The van der Waals surface area contributed by atoms with Crippen LogP contribution in [0.5, 0.6) is 0 Å². The highest BCUT2D eigenvalue weighted by atomic mass is 16.3. The molecule has 2 saturated heterocycles. The van der Waals surface area contributed by atoms with Crippen molar-refractivity contribution < 1.29 is 10.2 Å². The Bertz CT molecular complexity index is 2430. The van der Waals surface area contributed by atoms with Gasteiger partial charge in [-0.15, -0.1) is 0 Å². The van der Waals surface area contributed by atoms with Crippen LogP contribution < -0.4 is 9.80 Å². The first-order chi connectivity index (χ1) is 31.0. The third-order valence-electron chi connectivity index (χ3n) is 15.0. The van der Waals surface area contributed by atoms with Gasteiger partial charge in [0, 0.05) is 63.7 Å². The second kappa shape index (κ2) is 17.8. The molecule has 0 radical (unpaired) electrons. The lowest BCUT2D eigenvalue weighted by molar-refractivity contribution is 0.00898. The molecule has 10 rings (SSSR count). The minimum atomic E-state index is -1.34. The molecule has 2 N–H and O–H groups in total. The highest BCUT2D eigenvalue weighted by molar-refractivity contribution is 5.58. The summed E-state index contributed by atoms with van der Waals surface area (Å²) in [6.45, 7) is 4.43. The summed E-state index contributed by atoms with van der Waals surface area (Å²) in [7, 11) is 12.9. The zero-order valence-corrected chi connectivity index (χ0v) is 38.6. The first-order valence-corrected chi connectivity index (χ1v) is 23.5. The smallest absolute Gasteiger partial charge is 0.138 e. The van der Waals surface area contributed by atoms with Crippen molar-refractivity contribution in [3.8, 4) is 0 Å². The van der Waals surface area contributed by atoms with Gasteiger partial charge >= 0.3 is 0 Å². The lowest BCUT2D eigenvalue weighted by Gasteiger charge is -2.33. The van der Waals surface area contributed by atoms with Crippen LogP contribution in [0.2, 0.25) is 0 Å². The van der Waals surface area contributed by atoms with Crippen LogP contribution in [-0.2, 0) is 25.9 Å². The van der Waals surface area contributed by atoms with Crippen molar-refractivity contribution in [1.82, 2.24) is 48.3 Å². The monoisotopic (exact) mass is 867 g/mol. The van der Waals surface area contributed by atoms with E-state index < -0.39 is 12.2 Å². The zero-order valence-electron chi connectivity index (χ0n) is 38.6. The fourth-order valence-electron chi connectivity index (χ4n) is 11.4. The van der Waals surface area contributed by atoms with E-state index in [1.807, 2.05) is 36.7 Å². The Labute approximate surface area is 377 Å². The summed E-state index contributed by atoms with van der Waals surface area (Å²) in [4.78, 5) is 34.5. The van der Waals surface area contributed by atoms with Gasteiger partial charge < -0.3 is 29.8 Å². The number of fused-ring (bicyclic) bond motifs is 4. The molecule has 0 bridgehead atoms. The average molecular weight is 867 g/mol. The van der Waals surface area contributed by atoms with E-state index in [0.29, 0.717) is 36.6 Å². The van der Waals surface area contributed by atoms with Crippen molar-refractivity contribution in [2.45, 2.75) is 101 Å². The number of aromatic nitrogens is 6. The Morgan fingerprint density at radius 3 is 1.42 bits per heavy atom. The largest absolute Gasteiger partial charge is 0.384 e. The number of aryl methyl sites for hydroxylation is 2. The third kappa shape index (κ3) is 7.85. The molecule has 4 aliphatic rings. The van der Waals surface area contributed by atoms with Gasteiger partial charge in [0.2, 0.25) is 0 Å². The maximum Gasteiger partial charge on any atom is 0.138 e. The van der Waals surface area contributed by atoms with Crippen molar-refractivity contribution in [2.75, 3.05) is 78.3 Å². The predicted molar refractivity (Wildman–Crippen MR) is 252 cm³/mol. The number of hydrogen-bond acceptors (Lipinski definition) is 12. The average Bonchev–Trinajstić information content (AvgIpc) is 4.13. The van der Waals surface area contributed by atoms with Crippen LogP contribution in [-0.4, -0.2) is 139 Å². The number of imidazole rings is 2. The van der Waals surface area contributed by atoms with Crippen LogP contribution in [0.4, 0.5) is 11.6 Å². The standard InChI is InChI=1S/C50H66N12O2/c1-55(2)35-23-27-59(29-35)43-21-9-19-41-53-37(31-57(5)39-17-7-13-33-15-11-25-51-45(33)39)47(61(41)43)49(63)50(64)48-38(32-58(6)40-18-8-14-34-16-12-26-52-46(34)40)54-42-20-10-22-44(62(42)48)60-28-24-36(30-60)56(3)4/h9-12,15-16,19-22,25-26,35-36,39-40,49-50,63-64H,7-8,13-14,17-18,23-24,27-32H2,1-6H3/t35-,36-,39-,40-,49?,50?/m0/s1. The molecule has 2 aliphatic carbocycles. The lowest BCUT2D eigenvalue weighted by atomic mass is 9.91. The van der Waals surface area contributed by atoms with E-state index in [1.165, 1.54) is 11.1 Å². The highest BCUT2D eigenvalue weighted by Gasteiger charge is 2.38. The first kappa shape index (κ1) is 43.0. The summed E-state index contributed by atoms with van der Waals surface area (Å²) in [5, 5.41) is 26.5. The van der Waals surface area contributed by atoms with Gasteiger partial charge in [-0.05, 0) is 141 Å². The molecule has 2 fully saturated rings. The third-order valence-corrected chi connectivity index (χ3v) is 15.0. The number of anilines is 2. The topological polar surface area (TPSA) is 120 Å². The number of aliphatic hydroxyl groups excluding tert-OH is 2. The quantitative estimate of drug-likeness (QED) is 0.145. The van der Waals surface area contributed by atoms with Crippen LogP contribution in [0, 0.1) is 0 Å². The van der Waals surface area contributed by atoms with Gasteiger partial charge in [0.05, 0.1) is 46.2 Å². The molecule has 6 aromatic heterocycles. The Morgan fingerprint density at radius 1 is 0.578 bits per heavy atom. The molecule has 2 unspecified atom stereocenters. The van der Waals surface area contributed by atoms with Gasteiger partial charge in [0.1, 0.15) is 35.1 Å². The molecule has 6 atom stereocenters. The number of nitrogens with zero attached hydrogens (tertiary/aromatic N) is 12. The Kier molecular flexibility index (Phi) is 11.9. The van der Waals surface area contributed by atoms with Crippen LogP contribution in [0.1, 0.15) is 108 Å². The van der Waals surface area contributed by atoms with Crippen molar-refractivity contribution >= 4 is 22.9 Å². The molecule has 0 spiro atoms. The fraction of sp³-hybridized carbons (Fsp3) is 0.520. The van der Waals surface area contributed by atoms with Gasteiger partial charge in [-0.2, -0.15) is 0 Å². The molecule has 6 aromatic rings. The summed E-state index contributed by atoms with van der Waals surface area (Å²) in [5.41, 5.74) is 9.07. The number of pyridine rings is 4. The molecule has 0 amide bonds. The molecule has 2 aliphatic heterocycles. The molecule has 64 heavy (non-hydrogen) atoms. The molecular weight excluding hydrogens is 801 g/mol. The normalized spacial score (nSPS) is 22.4. The van der Waals surface area contributed by atoms with E-state index in [1.54, 1.807) is 0 Å². The highest BCUT2D eigenvalue weighted by Crippen LogP contribution is 2.41. The van der Waals surface area contributed by atoms with Crippen molar-refractivity contribution in [3.63, 3.8) is 0 Å². The summed E-state index contributed by atoms with van der Waals surface area (Å²) in [5.74, 6) is 1.95. The van der Waals surface area contributed by atoms with E-state index in [4.69, 9.17) is 19.9 Å². The number of hydrogen-bond donors (Lipinski definition) is 2. The van der Waals surface area contributed by atoms with Crippen LogP contribution in [0.15, 0.2) is 73.1 Å². The van der Waals surface area contributed by atoms with E-state index in [0.717, 1.165) is 123 Å². The Morgan fingerprint density at radius 2 is 1.02 bits per heavy atom. The Balaban J connectivity index is 1.10. The van der Waals surface area contributed by atoms with E-state index in [2.05, 4.69) is 117 Å². The number of likely N-dealkylation sites (N-methyl/N-ethyl adjacent to an activating group) is 2. The summed E-state index contributed by atoms with van der Waals surface area (Å²) >= 11 is 0. The Hall–Kier alpha value is -4.96. The number of rotatable bonds is 13. The molecule has 14 nitrogen and oxygen atoms in total. The maximum absolute atomic E-state index is 13.2. The molecular formula is C50H66N12O2. The van der Waals surface area contributed by atoms with Crippen LogP contribution >= 0.6 is 0 Å². The van der Waals surface area contributed by atoms with E-state index >= 15 is 0 Å². The van der Waals surface area contributed by atoms with Crippen molar-refractivity contribution in [1.29, 1.82) is 0 Å². The van der Waals surface area contributed by atoms with Crippen molar-refractivity contribution in [2.24, 2.45) is 0 Å². The second-order valence-electron chi connectivity index (χ2n) is 19.4. The molecule has 338 valence electrons. The van der Waals surface area contributed by atoms with Gasteiger partial charge in [-0.25, -0.2) is 9.97 Å². The van der Waals surface area contributed by atoms with Crippen molar-refractivity contribution in [3.05, 3.63) is 118 Å². The maximum atomic E-state index is 13.2. The number of aliphatic hydroxyl groups is 2. The van der Waals surface area contributed by atoms with Gasteiger partial charge in [0.25, 0.3) is 0 Å². The lowest BCUT2D eigenvalue weighted by Crippen LogP contribution is -2.32. The second-order valence-corrected chi connectivity index (χ2v) is 19.4. The van der Waals surface area contributed by atoms with Gasteiger partial charge in [0.15, 0.2) is 0 Å². The van der Waals surface area contributed by atoms with E-state index in [9.17, 15) is 10.2 Å². The molecule has 14 heteroatoms. The zero-order chi connectivity index (χ0) is 44.2. The van der Waals surface area contributed by atoms with E-state index in [-0.39, 0.29) is 12.1 Å². The molecule has 8 heterocycles. The molecule has 0 aromatic carbocycles. The molecule has 0 saturated carbocycles. The fourth-order valence-corrected chi connectivity index (χ4v) is 11.4. The van der Waals surface area contributed by atoms with Crippen LogP contribution in [0.25, 0.3) is 11.3 Å². The van der Waals surface area contributed by atoms with Crippen LogP contribution in [0.3, 0.4) is 0 Å². The van der Waals surface area contributed by atoms with Gasteiger partial charge in [-0.3, -0.25) is 28.6 Å². The summed E-state index contributed by atoms with van der Waals surface area (Å²) in [6, 6.07) is 22.0. The summed E-state index contributed by atoms with van der Waals surface area (Å²) in [6.07, 6.45) is 9.40. The minimum Gasteiger partial charge on any atom is -0.384 e. The van der Waals surface area contributed by atoms with Gasteiger partial charge in [-0.1, -0.05) is 24.3 Å². The first-order valence-electron chi connectivity index (χ1n) is 23.5.